The van der Waals surface area contributed by atoms with Gasteiger partial charge in [0, 0.05) is 11.3 Å². The molecule has 14 heteroatoms. The molecule has 1 spiro atoms. The van der Waals surface area contributed by atoms with Crippen LogP contribution in [0.5, 0.6) is 0 Å². The lowest BCUT2D eigenvalue weighted by molar-refractivity contribution is 0.0125. The predicted octanol–water partition coefficient (Wildman–Crippen LogP) is 4.00. The van der Waals surface area contributed by atoms with Gasteiger partial charge < -0.3 is 24.8 Å². The molecule has 0 aliphatic carbocycles. The van der Waals surface area contributed by atoms with Gasteiger partial charge in [-0.3, -0.25) is 4.99 Å². The molecule has 3 amide bonds. The second-order valence-electron chi connectivity index (χ2n) is 12.2. The van der Waals surface area contributed by atoms with Gasteiger partial charge in [-0.2, -0.15) is 4.90 Å². The minimum atomic E-state index is -4.37. The average Bonchev–Trinajstić information content (AvgIpc) is 2.74. The first-order chi connectivity index (χ1) is 18.6. The van der Waals surface area contributed by atoms with Gasteiger partial charge in [0.15, 0.2) is 14.6 Å². The zero-order valence-corrected chi connectivity index (χ0v) is 25.1. The zero-order valence-electron chi connectivity index (χ0n) is 24.3. The summed E-state index contributed by atoms with van der Waals surface area (Å²) >= 11 is 0. The number of nitrogens with zero attached hydrogens (tertiary/aromatic N) is 3. The maximum Gasteiger partial charge on any atom is 0.425 e. The summed E-state index contributed by atoms with van der Waals surface area (Å²) in [5.41, 5.74) is 1.82. The van der Waals surface area contributed by atoms with Crippen molar-refractivity contribution in [3.63, 3.8) is 0 Å². The third-order valence-electron chi connectivity index (χ3n) is 6.24. The molecule has 0 aromatic heterocycles. The minimum absolute atomic E-state index is 0.120. The molecule has 41 heavy (non-hydrogen) atoms. The molecule has 0 unspecified atom stereocenters. The van der Waals surface area contributed by atoms with E-state index in [-0.39, 0.29) is 17.9 Å². The van der Waals surface area contributed by atoms with E-state index in [0.29, 0.717) is 4.90 Å². The molecule has 226 valence electrons. The number of imide groups is 1. The number of nitrogens with two attached hydrogens (primary N) is 1. The van der Waals surface area contributed by atoms with E-state index < -0.39 is 80.1 Å². The summed E-state index contributed by atoms with van der Waals surface area (Å²) in [5, 5.41) is 0. The van der Waals surface area contributed by atoms with Crippen molar-refractivity contribution in [3.05, 3.63) is 42.2 Å². The number of rotatable bonds is 3. The topological polar surface area (TPSA) is 158 Å². The number of aliphatic imine (C=N–C) groups is 1. The molecule has 1 fully saturated rings. The number of carbonyl (C=O) groups is 3. The molecular weight excluding hydrogens is 559 g/mol. The fourth-order valence-electron chi connectivity index (χ4n) is 4.48. The molecule has 2 aliphatic heterocycles. The van der Waals surface area contributed by atoms with Crippen LogP contribution in [0.3, 0.4) is 0 Å². The molecule has 1 aromatic carbocycles. The van der Waals surface area contributed by atoms with Crippen LogP contribution in [0.15, 0.2) is 35.8 Å². The molecule has 0 saturated carbocycles. The van der Waals surface area contributed by atoms with E-state index in [2.05, 4.69) is 11.6 Å². The van der Waals surface area contributed by atoms with Crippen molar-refractivity contribution in [2.75, 3.05) is 31.2 Å². The number of amides is 3. The Hall–Kier alpha value is -3.68. The first-order valence-electron chi connectivity index (χ1n) is 12.8. The second kappa shape index (κ2) is 10.6. The Kier molecular flexibility index (Phi) is 8.25. The number of carbonyl (C=O) groups excluding carboxylic acids is 3. The number of halogens is 1. The average molecular weight is 597 g/mol. The van der Waals surface area contributed by atoms with Gasteiger partial charge in [-0.15, -0.1) is 0 Å². The number of hydrogen-bond acceptors (Lipinski definition) is 10. The van der Waals surface area contributed by atoms with Gasteiger partial charge in [-0.1, -0.05) is 12.7 Å². The summed E-state index contributed by atoms with van der Waals surface area (Å²) in [7, 11) is -4.37. The summed E-state index contributed by atoms with van der Waals surface area (Å²) in [6.07, 6.45) is -2.01. The predicted molar refractivity (Wildman–Crippen MR) is 150 cm³/mol. The van der Waals surface area contributed by atoms with E-state index in [1.54, 1.807) is 41.5 Å². The number of amidine groups is 1. The Bertz CT molecular complexity index is 1360. The Morgan fingerprint density at radius 2 is 1.66 bits per heavy atom. The van der Waals surface area contributed by atoms with Gasteiger partial charge in [0.2, 0.25) is 0 Å². The van der Waals surface area contributed by atoms with E-state index in [1.807, 2.05) is 0 Å². The van der Waals surface area contributed by atoms with E-state index in [4.69, 9.17) is 19.9 Å². The largest absolute Gasteiger partial charge is 0.445 e. The number of likely N-dealkylation sites (tertiary alicyclic amines) is 1. The maximum absolute atomic E-state index is 15.1. The first-order valence-corrected chi connectivity index (χ1v) is 14.5. The number of anilines is 1. The SMILES string of the molecule is C=CCOC(=O)N1CC2(C1)C(N(C(=O)OC(C)(C)C)C(=O)OC(C)(C)C)=N[C@](C)(c1cc(N)ccc1F)CS2(=O)=O. The van der Waals surface area contributed by atoms with Crippen molar-refractivity contribution in [3.8, 4) is 0 Å². The van der Waals surface area contributed by atoms with E-state index in [9.17, 15) is 22.8 Å². The zero-order chi connectivity index (χ0) is 31.2. The van der Waals surface area contributed by atoms with Crippen molar-refractivity contribution in [1.29, 1.82) is 0 Å². The molecule has 1 atom stereocenters. The van der Waals surface area contributed by atoms with Gasteiger partial charge in [0.05, 0.1) is 18.8 Å². The molecule has 2 N–H and O–H groups in total. The van der Waals surface area contributed by atoms with Gasteiger partial charge in [-0.25, -0.2) is 27.2 Å². The lowest BCUT2D eigenvalue weighted by Crippen LogP contribution is -2.77. The van der Waals surface area contributed by atoms with Crippen LogP contribution in [-0.4, -0.2) is 83.7 Å². The summed E-state index contributed by atoms with van der Waals surface area (Å²) in [5.74, 6) is -2.07. The van der Waals surface area contributed by atoms with Crippen LogP contribution >= 0.6 is 0 Å². The third kappa shape index (κ3) is 6.47. The van der Waals surface area contributed by atoms with Crippen LogP contribution in [0.4, 0.5) is 24.5 Å². The molecule has 0 bridgehead atoms. The Morgan fingerprint density at radius 3 is 2.15 bits per heavy atom. The van der Waals surface area contributed by atoms with E-state index in [0.717, 1.165) is 11.0 Å². The van der Waals surface area contributed by atoms with Gasteiger partial charge >= 0.3 is 18.3 Å². The fourth-order valence-corrected chi connectivity index (χ4v) is 6.84. The molecule has 12 nitrogen and oxygen atoms in total. The lowest BCUT2D eigenvalue weighted by atomic mass is 9.90. The standard InChI is InChI=1S/C27H37FN4O8S/c1-9-12-38-21(33)31-14-27(15-31)20(32(22(34)39-24(2,3)4)23(35)40-25(5,6)7)30-26(8,16-41(27,36)37)18-13-17(29)10-11-19(18)28/h9-11,13H,1,12,14-16,29H2,2-8H3/t26-/m0/s1. The van der Waals surface area contributed by atoms with E-state index >= 15 is 4.39 Å². The van der Waals surface area contributed by atoms with Crippen LogP contribution < -0.4 is 5.73 Å². The van der Waals surface area contributed by atoms with Crippen molar-refractivity contribution < 1.29 is 41.4 Å². The number of hydrogen-bond donors (Lipinski definition) is 1. The molecule has 1 aromatic rings. The minimum Gasteiger partial charge on any atom is -0.445 e. The van der Waals surface area contributed by atoms with Crippen LogP contribution in [0.1, 0.15) is 54.0 Å². The van der Waals surface area contributed by atoms with Crippen molar-refractivity contribution in [2.45, 2.75) is 70.0 Å². The van der Waals surface area contributed by atoms with Crippen molar-refractivity contribution in [1.82, 2.24) is 9.80 Å². The summed E-state index contributed by atoms with van der Waals surface area (Å²) < 4.78 is 57.3. The molecule has 0 radical (unpaired) electrons. The molecule has 1 saturated heterocycles. The van der Waals surface area contributed by atoms with Crippen LogP contribution in [0, 0.1) is 5.82 Å². The van der Waals surface area contributed by atoms with E-state index in [1.165, 1.54) is 25.1 Å². The third-order valence-corrected chi connectivity index (χ3v) is 8.81. The van der Waals surface area contributed by atoms with Gasteiger partial charge in [0.25, 0.3) is 0 Å². The van der Waals surface area contributed by atoms with Crippen molar-refractivity contribution in [2.24, 2.45) is 4.99 Å². The first kappa shape index (κ1) is 31.8. The highest BCUT2D eigenvalue weighted by atomic mass is 32.2. The maximum atomic E-state index is 15.1. The van der Waals surface area contributed by atoms with Crippen LogP contribution in [-0.2, 0) is 29.6 Å². The monoisotopic (exact) mass is 596 g/mol. The Balaban J connectivity index is 2.29. The lowest BCUT2D eigenvalue weighted by Gasteiger charge is -2.53. The van der Waals surface area contributed by atoms with Crippen molar-refractivity contribution >= 4 is 39.6 Å². The molecule has 2 heterocycles. The highest BCUT2D eigenvalue weighted by Gasteiger charge is 2.66. The molecule has 3 rings (SSSR count). The van der Waals surface area contributed by atoms with Crippen LogP contribution in [0.2, 0.25) is 0 Å². The highest BCUT2D eigenvalue weighted by molar-refractivity contribution is 7.93. The number of nitrogen functional groups attached to an aromatic ring is 1. The quantitative estimate of drug-likeness (QED) is 0.309. The summed E-state index contributed by atoms with van der Waals surface area (Å²) in [4.78, 5) is 45.8. The highest BCUT2D eigenvalue weighted by Crippen LogP contribution is 2.45. The van der Waals surface area contributed by atoms with Gasteiger partial charge in [-0.05, 0) is 66.7 Å². The number of sulfone groups is 1. The number of ether oxygens (including phenoxy) is 3. The normalized spacial score (nSPS) is 21.3. The summed E-state index contributed by atoms with van der Waals surface area (Å²) in [6.45, 7) is 13.0. The fraction of sp³-hybridized carbons (Fsp3) is 0.556. The second-order valence-corrected chi connectivity index (χ2v) is 14.5. The van der Waals surface area contributed by atoms with Gasteiger partial charge in [0.1, 0.15) is 35.0 Å². The molecular formula is C27H37FN4O8S. The Labute approximate surface area is 239 Å². The number of benzene rings is 1. The molecule has 2 aliphatic rings. The Morgan fingerprint density at radius 1 is 1.12 bits per heavy atom. The van der Waals surface area contributed by atoms with Crippen LogP contribution in [0.25, 0.3) is 0 Å². The summed E-state index contributed by atoms with van der Waals surface area (Å²) in [6, 6.07) is 3.62. The smallest absolute Gasteiger partial charge is 0.425 e.